The zero-order valence-corrected chi connectivity index (χ0v) is 85.7. The summed E-state index contributed by atoms with van der Waals surface area (Å²) in [6.07, 6.45) is -0.727. The number of ether oxygens (including phenoxy) is 5. The van der Waals surface area contributed by atoms with Crippen LogP contribution in [0.25, 0.3) is 67.2 Å². The van der Waals surface area contributed by atoms with E-state index >= 15 is 0 Å². The van der Waals surface area contributed by atoms with Crippen LogP contribution in [0.15, 0.2) is 376 Å². The summed E-state index contributed by atoms with van der Waals surface area (Å²) >= 11 is 0. The Balaban J connectivity index is 0.000000169. The van der Waals surface area contributed by atoms with Gasteiger partial charge in [0, 0.05) is 103 Å². The van der Waals surface area contributed by atoms with Gasteiger partial charge in [-0.3, -0.25) is 28.8 Å². The Hall–Kier alpha value is -15.7. The van der Waals surface area contributed by atoms with Crippen molar-refractivity contribution in [1.29, 1.82) is 0 Å². The van der Waals surface area contributed by atoms with Crippen LogP contribution in [-0.4, -0.2) is 96.0 Å². The van der Waals surface area contributed by atoms with E-state index in [2.05, 4.69) is 43.5 Å². The van der Waals surface area contributed by atoms with Crippen molar-refractivity contribution in [2.75, 3.05) is 16.0 Å². The van der Waals surface area contributed by atoms with E-state index in [9.17, 15) is 52.2 Å². The highest BCUT2D eigenvalue weighted by atomic mass is 19.1. The molecule has 19 nitrogen and oxygen atoms in total. The molecule has 0 unspecified atom stereocenters. The van der Waals surface area contributed by atoms with Gasteiger partial charge in [0.05, 0.1) is 97.0 Å². The Morgan fingerprint density at radius 1 is 0.360 bits per heavy atom. The van der Waals surface area contributed by atoms with Crippen LogP contribution in [-0.2, 0) is 84.1 Å². The van der Waals surface area contributed by atoms with Crippen LogP contribution in [0.1, 0.15) is 194 Å². The predicted octanol–water partition coefficient (Wildman–Crippen LogP) is 28.3. The maximum absolute atomic E-state index is 14.4. The summed E-state index contributed by atoms with van der Waals surface area (Å²) in [6.45, 7) is 16.2. The second-order valence-electron chi connectivity index (χ2n) is 38.7. The molecule has 150 heavy (non-hydrogen) atoms. The van der Waals surface area contributed by atoms with E-state index in [1.165, 1.54) is 43.3 Å². The number of aromatic nitrogens is 3. The number of aliphatic hydroxyl groups is 2. The minimum Gasteiger partial charge on any atom is -0.462 e. The van der Waals surface area contributed by atoms with Crippen molar-refractivity contribution >= 4 is 52.5 Å². The van der Waals surface area contributed by atoms with Crippen molar-refractivity contribution in [1.82, 2.24) is 13.7 Å². The molecule has 1 aliphatic heterocycles. The highest BCUT2D eigenvalue weighted by Gasteiger charge is 2.38. The lowest BCUT2D eigenvalue weighted by Crippen LogP contribution is -2.35. The van der Waals surface area contributed by atoms with Crippen molar-refractivity contribution in [2.24, 2.45) is 0 Å². The quantitative estimate of drug-likeness (QED) is 0.0224. The number of Topliss-reactive ketones (excluding diaryl/α,β-unsaturated/α-hetero) is 1. The van der Waals surface area contributed by atoms with Crippen LogP contribution in [0.5, 0.6) is 0 Å². The van der Waals surface area contributed by atoms with Crippen molar-refractivity contribution in [3.05, 3.63) is 450 Å². The summed E-state index contributed by atoms with van der Waals surface area (Å²) in [5.74, 6) is -2.71. The van der Waals surface area contributed by atoms with Crippen LogP contribution in [0.3, 0.4) is 0 Å². The molecule has 16 aromatic rings. The number of halogens is 3. The first kappa shape index (κ1) is 109. The molecule has 770 valence electrons. The Labute approximate surface area is 876 Å². The fourth-order valence-electron chi connectivity index (χ4n) is 19.5. The number of esters is 2. The van der Waals surface area contributed by atoms with E-state index in [-0.39, 0.29) is 122 Å². The van der Waals surface area contributed by atoms with Crippen molar-refractivity contribution in [2.45, 2.75) is 207 Å². The number of nitrogens with zero attached hydrogens (tertiary/aromatic N) is 3. The smallest absolute Gasteiger partial charge is 0.308 e. The van der Waals surface area contributed by atoms with Gasteiger partial charge in [-0.2, -0.15) is 0 Å². The van der Waals surface area contributed by atoms with Crippen LogP contribution in [0, 0.1) is 17.5 Å². The molecule has 22 heteroatoms. The molecule has 0 bridgehead atoms. The Morgan fingerprint density at radius 2 is 0.647 bits per heavy atom. The van der Waals surface area contributed by atoms with Gasteiger partial charge in [0.25, 0.3) is 17.7 Å². The lowest BCUT2D eigenvalue weighted by atomic mass is 9.94. The Morgan fingerprint density at radius 3 is 0.960 bits per heavy atom. The molecule has 3 amide bonds. The number of benzene rings is 13. The van der Waals surface area contributed by atoms with Gasteiger partial charge >= 0.3 is 11.9 Å². The first-order valence-electron chi connectivity index (χ1n) is 51.4. The highest BCUT2D eigenvalue weighted by Crippen LogP contribution is 2.48. The van der Waals surface area contributed by atoms with Gasteiger partial charge in [-0.15, -0.1) is 0 Å². The summed E-state index contributed by atoms with van der Waals surface area (Å²) < 4.78 is 79.1. The van der Waals surface area contributed by atoms with Gasteiger partial charge in [0.1, 0.15) is 35.9 Å². The lowest BCUT2D eigenvalue weighted by molar-refractivity contribution is -0.164. The molecule has 1 aliphatic rings. The number of cyclic esters (lactones) is 1. The largest absolute Gasteiger partial charge is 0.462 e. The number of nitrogens with one attached hydrogen (secondary N) is 3. The van der Waals surface area contributed by atoms with Gasteiger partial charge in [-0.1, -0.05) is 308 Å². The molecule has 1 saturated heterocycles. The Bertz CT molecular complexity index is 7050. The van der Waals surface area contributed by atoms with Crippen molar-refractivity contribution in [3.8, 4) is 67.2 Å². The van der Waals surface area contributed by atoms with Crippen molar-refractivity contribution in [3.63, 3.8) is 0 Å². The SMILES string of the molecule is CC(=O)C[C@@H](C[C@H](O)CCn1c(-c2ccc(F)cc2)c(-c2ccccc2)c(C(=O)Nc2ccccc2)c1C(C)C)OCc1ccccc1.CC(C)c1c(C(=O)Nc2ccccc2)c(-c2ccccc2)c(-c2ccc(F)cc2)n1CC[C@@H](O)C[C@H](CC(=O)OCc1ccccc1)OCc1ccccc1.CC(C)c1c(C(=O)Nc2ccccc2)c(-c2ccccc2)c(-c2ccc(F)cc2)n1CC[C@@H]1C[C@@H](OCc2ccccc2)CC(=O)O1. The highest BCUT2D eigenvalue weighted by molar-refractivity contribution is 6.15. The number of para-hydroxylation sites is 3. The number of carbonyl (C=O) groups excluding carboxylic acids is 6. The maximum atomic E-state index is 14.4. The number of anilines is 3. The summed E-state index contributed by atoms with van der Waals surface area (Å²) in [5, 5.41) is 32.3. The third-order valence-corrected chi connectivity index (χ3v) is 26.3. The third-order valence-electron chi connectivity index (χ3n) is 26.3. The summed E-state index contributed by atoms with van der Waals surface area (Å²) in [4.78, 5) is 80.9. The van der Waals surface area contributed by atoms with Crippen LogP contribution in [0.4, 0.5) is 30.2 Å². The molecule has 0 aliphatic carbocycles. The fourth-order valence-corrected chi connectivity index (χ4v) is 19.5. The van der Waals surface area contributed by atoms with Gasteiger partial charge in [0.2, 0.25) is 0 Å². The number of hydrogen-bond donors (Lipinski definition) is 5. The minimum atomic E-state index is -0.868. The van der Waals surface area contributed by atoms with E-state index in [0.717, 1.165) is 106 Å². The van der Waals surface area contributed by atoms with Crippen LogP contribution >= 0.6 is 0 Å². The average Bonchev–Trinajstić information content (AvgIpc) is 1.59. The topological polar surface area (TPSA) is 240 Å². The minimum absolute atomic E-state index is 0.00654. The molecule has 13 aromatic carbocycles. The van der Waals surface area contributed by atoms with Crippen LogP contribution < -0.4 is 16.0 Å². The molecular weight excluding hydrogens is 1890 g/mol. The summed E-state index contributed by atoms with van der Waals surface area (Å²) in [6, 6.07) is 115. The molecule has 3 aromatic heterocycles. The molecule has 17 rings (SSSR count). The van der Waals surface area contributed by atoms with E-state index in [1.54, 1.807) is 36.4 Å². The van der Waals surface area contributed by atoms with Crippen LogP contribution in [0.2, 0.25) is 0 Å². The number of rotatable bonds is 43. The average molecular weight is 2020 g/mol. The maximum Gasteiger partial charge on any atom is 0.308 e. The summed E-state index contributed by atoms with van der Waals surface area (Å²) in [5.41, 5.74) is 19.4. The zero-order valence-electron chi connectivity index (χ0n) is 85.7. The van der Waals surface area contributed by atoms with Gasteiger partial charge in [-0.05, 0) is 202 Å². The molecule has 0 spiro atoms. The van der Waals surface area contributed by atoms with E-state index in [1.807, 2.05) is 331 Å². The third kappa shape index (κ3) is 29.7. The predicted molar refractivity (Wildman–Crippen MR) is 587 cm³/mol. The second kappa shape index (κ2) is 53.8. The van der Waals surface area contributed by atoms with Crippen molar-refractivity contribution < 1.29 is 75.8 Å². The van der Waals surface area contributed by atoms with Gasteiger partial charge in [0.15, 0.2) is 0 Å². The monoisotopic (exact) mass is 2010 g/mol. The standard InChI is InChI=1S/C47H47FN2O5.C41H43FN2O4.C40H39FN2O4/c1-33(2)45-44(47(53)49-39-21-13-6-14-22-39)43(36-19-11-5-12-20-36)46(37-23-25-38(48)26-24-37)50(45)28-27-40(51)29-41(54-31-34-15-7-3-8-16-34)30-42(52)55-32-35-17-9-4-10-18-35;1-28(2)39-38(41(47)43-34-17-11-6-12-18-34)37(31-15-9-5-10-16-31)40(32-19-21-33(42)22-20-32)44(39)24-23-35(46)26-36(25-29(3)45)48-27-30-13-7-4-8-14-30;1-27(2)38-37(40(45)42-32-16-10-5-11-17-32)36(29-14-8-4-9-15-29)39(30-18-20-31(41)21-19-30)43(38)23-22-33-24-34(25-35(44)47-33)46-26-28-12-6-3-7-13-28/h3-26,33,40-41,51H,27-32H2,1-2H3,(H,49,53);4-22,28,35-36,46H,23-27H2,1-3H3,(H,43,47);3-21,27,33-34H,22-26H2,1-2H3,(H,42,45)/t40-,41-;35-,36+;33-,34-/m111/s1. The molecule has 1 fully saturated rings. The number of amides is 3. The van der Waals surface area contributed by atoms with Gasteiger partial charge < -0.3 is 63.5 Å². The molecule has 6 atom stereocenters. The van der Waals surface area contributed by atoms with E-state index in [0.29, 0.717) is 92.3 Å². The number of hydrogen-bond acceptors (Lipinski definition) is 13. The molecule has 0 radical (unpaired) electrons. The first-order chi connectivity index (χ1) is 72.8. The molecular formula is C128H129F3N6O13. The van der Waals surface area contributed by atoms with E-state index < -0.39 is 30.4 Å². The number of aliphatic hydroxyl groups excluding tert-OH is 2. The first-order valence-corrected chi connectivity index (χ1v) is 51.4. The zero-order chi connectivity index (χ0) is 105. The number of carbonyl (C=O) groups is 6. The molecule has 4 heterocycles. The van der Waals surface area contributed by atoms with E-state index in [4.69, 9.17) is 23.7 Å². The molecule has 5 N–H and O–H groups in total. The summed E-state index contributed by atoms with van der Waals surface area (Å²) in [7, 11) is 0. The fraction of sp³-hybridized carbons (Fsp3) is 0.250. The lowest BCUT2D eigenvalue weighted by Gasteiger charge is -2.29. The normalized spacial score (nSPS) is 13.6. The van der Waals surface area contributed by atoms with Gasteiger partial charge in [-0.25, -0.2) is 13.2 Å². The Kier molecular flexibility index (Phi) is 38.9. The number of ketones is 1. The second-order valence-corrected chi connectivity index (χ2v) is 38.7. The molecule has 0 saturated carbocycles.